The first-order chi connectivity index (χ1) is 13.8. The first-order valence-corrected chi connectivity index (χ1v) is 8.63. The van der Waals surface area contributed by atoms with Crippen molar-refractivity contribution in [2.75, 3.05) is 6.61 Å². The van der Waals surface area contributed by atoms with E-state index in [1.165, 1.54) is 0 Å². The summed E-state index contributed by atoms with van der Waals surface area (Å²) in [5, 5.41) is 10.7. The second-order valence-corrected chi connectivity index (χ2v) is 6.27. The lowest BCUT2D eigenvalue weighted by molar-refractivity contribution is -0.176. The number of aromatic nitrogens is 3. The van der Waals surface area contributed by atoms with E-state index in [4.69, 9.17) is 0 Å². The zero-order valence-corrected chi connectivity index (χ0v) is 15.1. The van der Waals surface area contributed by atoms with E-state index in [9.17, 15) is 22.8 Å². The van der Waals surface area contributed by atoms with Gasteiger partial charge >= 0.3 is 6.18 Å². The lowest BCUT2D eigenvalue weighted by atomic mass is 10.1. The standard InChI is InChI=1S/C19H17F3N4O3/c20-19(21,22)12-29-11-14-7-5-13(6-8-14)9-23-17(27)10-26-18(28)15-3-1-2-4-16(15)24-25-26/h1-8H,9-12H2,(H,23,27). The van der Waals surface area contributed by atoms with Crippen molar-refractivity contribution in [2.45, 2.75) is 25.9 Å². The molecule has 152 valence electrons. The third-order valence-electron chi connectivity index (χ3n) is 3.97. The molecule has 0 radical (unpaired) electrons. The van der Waals surface area contributed by atoms with Crippen LogP contribution >= 0.6 is 0 Å². The molecule has 0 bridgehead atoms. The number of carbonyl (C=O) groups excluding carboxylic acids is 1. The van der Waals surface area contributed by atoms with Crippen molar-refractivity contribution in [3.8, 4) is 0 Å². The molecule has 2 aromatic carbocycles. The Labute approximate surface area is 163 Å². The van der Waals surface area contributed by atoms with Crippen LogP contribution in [-0.2, 0) is 29.2 Å². The van der Waals surface area contributed by atoms with Gasteiger partial charge in [-0.05, 0) is 23.3 Å². The Hall–Kier alpha value is -3.27. The molecule has 1 heterocycles. The van der Waals surface area contributed by atoms with Crippen molar-refractivity contribution < 1.29 is 22.7 Å². The number of hydrogen-bond donors (Lipinski definition) is 1. The van der Waals surface area contributed by atoms with Gasteiger partial charge in [0.2, 0.25) is 5.91 Å². The van der Waals surface area contributed by atoms with E-state index in [0.29, 0.717) is 16.5 Å². The van der Waals surface area contributed by atoms with Crippen LogP contribution in [0.1, 0.15) is 11.1 Å². The number of benzene rings is 2. The van der Waals surface area contributed by atoms with Crippen LogP contribution in [0.3, 0.4) is 0 Å². The highest BCUT2D eigenvalue weighted by Gasteiger charge is 2.27. The Morgan fingerprint density at radius 1 is 1.07 bits per heavy atom. The van der Waals surface area contributed by atoms with E-state index in [1.807, 2.05) is 0 Å². The van der Waals surface area contributed by atoms with Gasteiger partial charge in [0.15, 0.2) is 0 Å². The number of fused-ring (bicyclic) bond motifs is 1. The first-order valence-electron chi connectivity index (χ1n) is 8.63. The summed E-state index contributed by atoms with van der Waals surface area (Å²) in [6, 6.07) is 13.3. The third kappa shape index (κ3) is 5.85. The van der Waals surface area contributed by atoms with E-state index in [2.05, 4.69) is 20.4 Å². The highest BCUT2D eigenvalue weighted by Crippen LogP contribution is 2.15. The van der Waals surface area contributed by atoms with E-state index < -0.39 is 24.2 Å². The van der Waals surface area contributed by atoms with Gasteiger partial charge in [-0.15, -0.1) is 5.10 Å². The van der Waals surface area contributed by atoms with Crippen LogP contribution in [0, 0.1) is 0 Å². The monoisotopic (exact) mass is 406 g/mol. The van der Waals surface area contributed by atoms with Crippen LogP contribution < -0.4 is 10.9 Å². The van der Waals surface area contributed by atoms with Crippen LogP contribution in [-0.4, -0.2) is 33.7 Å². The highest BCUT2D eigenvalue weighted by molar-refractivity contribution is 5.78. The fraction of sp³-hybridized carbons (Fsp3) is 0.263. The van der Waals surface area contributed by atoms with Crippen molar-refractivity contribution in [1.29, 1.82) is 0 Å². The van der Waals surface area contributed by atoms with Gasteiger partial charge in [-0.2, -0.15) is 13.2 Å². The minimum atomic E-state index is -4.36. The summed E-state index contributed by atoms with van der Waals surface area (Å²) in [6.45, 7) is -1.55. The second kappa shape index (κ2) is 8.82. The van der Waals surface area contributed by atoms with Crippen molar-refractivity contribution in [3.05, 3.63) is 70.0 Å². The summed E-state index contributed by atoms with van der Waals surface area (Å²) in [6.07, 6.45) is -4.36. The minimum absolute atomic E-state index is 0.157. The van der Waals surface area contributed by atoms with Crippen molar-refractivity contribution in [2.24, 2.45) is 0 Å². The fourth-order valence-electron chi connectivity index (χ4n) is 2.56. The van der Waals surface area contributed by atoms with Crippen LogP contribution in [0.5, 0.6) is 0 Å². The molecule has 0 saturated heterocycles. The van der Waals surface area contributed by atoms with E-state index in [0.717, 1.165) is 10.2 Å². The van der Waals surface area contributed by atoms with Gasteiger partial charge in [-0.3, -0.25) is 9.59 Å². The predicted octanol–water partition coefficient (Wildman–Crippen LogP) is 2.19. The molecule has 1 N–H and O–H groups in total. The van der Waals surface area contributed by atoms with Gasteiger partial charge in [-0.25, -0.2) is 4.68 Å². The quantitative estimate of drug-likeness (QED) is 0.650. The maximum atomic E-state index is 12.3. The van der Waals surface area contributed by atoms with Crippen LogP contribution in [0.15, 0.2) is 53.3 Å². The molecule has 3 rings (SSSR count). The summed E-state index contributed by atoms with van der Waals surface area (Å²) < 4.78 is 41.8. The molecular formula is C19H17F3N4O3. The van der Waals surface area contributed by atoms with Gasteiger partial charge < -0.3 is 10.1 Å². The molecular weight excluding hydrogens is 389 g/mol. The molecule has 10 heteroatoms. The molecule has 1 aromatic heterocycles. The molecule has 29 heavy (non-hydrogen) atoms. The van der Waals surface area contributed by atoms with Gasteiger partial charge in [0.05, 0.1) is 12.0 Å². The molecule has 1 amide bonds. The number of nitrogens with one attached hydrogen (secondary N) is 1. The molecule has 0 saturated carbocycles. The molecule has 7 nitrogen and oxygen atoms in total. The van der Waals surface area contributed by atoms with Crippen LogP contribution in [0.25, 0.3) is 10.9 Å². The van der Waals surface area contributed by atoms with Crippen molar-refractivity contribution in [3.63, 3.8) is 0 Å². The Kier molecular flexibility index (Phi) is 6.23. The van der Waals surface area contributed by atoms with Crippen LogP contribution in [0.2, 0.25) is 0 Å². The lowest BCUT2D eigenvalue weighted by Gasteiger charge is -2.09. The average Bonchev–Trinajstić information content (AvgIpc) is 2.69. The smallest absolute Gasteiger partial charge is 0.367 e. The summed E-state index contributed by atoms with van der Waals surface area (Å²) in [5.74, 6) is -0.422. The highest BCUT2D eigenvalue weighted by atomic mass is 19.4. The first kappa shape index (κ1) is 20.5. The zero-order chi connectivity index (χ0) is 20.9. The van der Waals surface area contributed by atoms with Gasteiger partial charge in [0, 0.05) is 6.54 Å². The lowest BCUT2D eigenvalue weighted by Crippen LogP contribution is -2.34. The summed E-state index contributed by atoms with van der Waals surface area (Å²) in [7, 11) is 0. The number of nitrogens with zero attached hydrogens (tertiary/aromatic N) is 3. The second-order valence-electron chi connectivity index (χ2n) is 6.27. The van der Waals surface area contributed by atoms with E-state index in [-0.39, 0.29) is 19.7 Å². The summed E-state index contributed by atoms with van der Waals surface area (Å²) in [4.78, 5) is 24.4. The maximum Gasteiger partial charge on any atom is 0.411 e. The van der Waals surface area contributed by atoms with Crippen molar-refractivity contribution >= 4 is 16.8 Å². The molecule has 0 unspecified atom stereocenters. The predicted molar refractivity (Wildman–Crippen MR) is 97.8 cm³/mol. The number of ether oxygens (including phenoxy) is 1. The molecule has 0 aliphatic carbocycles. The largest absolute Gasteiger partial charge is 0.411 e. The van der Waals surface area contributed by atoms with E-state index in [1.54, 1.807) is 48.5 Å². The topological polar surface area (TPSA) is 86.1 Å². The number of alkyl halides is 3. The summed E-state index contributed by atoms with van der Waals surface area (Å²) >= 11 is 0. The number of hydrogen-bond acceptors (Lipinski definition) is 5. The maximum absolute atomic E-state index is 12.3. The Balaban J connectivity index is 1.52. The molecule has 0 spiro atoms. The fourth-order valence-corrected chi connectivity index (χ4v) is 2.56. The van der Waals surface area contributed by atoms with Gasteiger partial charge in [0.1, 0.15) is 18.7 Å². The van der Waals surface area contributed by atoms with Gasteiger partial charge in [0.25, 0.3) is 5.56 Å². The average molecular weight is 406 g/mol. The third-order valence-corrected chi connectivity index (χ3v) is 3.97. The Bertz CT molecular complexity index is 1050. The van der Waals surface area contributed by atoms with E-state index >= 15 is 0 Å². The zero-order valence-electron chi connectivity index (χ0n) is 15.1. The molecule has 0 aliphatic rings. The summed E-state index contributed by atoms with van der Waals surface area (Å²) in [5.41, 5.74) is 1.37. The number of halogens is 3. The molecule has 0 atom stereocenters. The number of carbonyl (C=O) groups is 1. The molecule has 0 aliphatic heterocycles. The number of amides is 1. The van der Waals surface area contributed by atoms with Crippen molar-refractivity contribution in [1.82, 2.24) is 20.3 Å². The van der Waals surface area contributed by atoms with Gasteiger partial charge in [-0.1, -0.05) is 41.6 Å². The number of rotatable bonds is 7. The molecule has 3 aromatic rings. The minimum Gasteiger partial charge on any atom is -0.367 e. The molecule has 0 fully saturated rings. The SMILES string of the molecule is O=C(Cn1nnc2ccccc2c1=O)NCc1ccc(COCC(F)(F)F)cc1. The van der Waals surface area contributed by atoms with Crippen LogP contribution in [0.4, 0.5) is 13.2 Å². The Morgan fingerprint density at radius 2 is 1.76 bits per heavy atom. The Morgan fingerprint density at radius 3 is 2.48 bits per heavy atom. The normalized spacial score (nSPS) is 11.6.